The highest BCUT2D eigenvalue weighted by atomic mass is 32.2. The van der Waals surface area contributed by atoms with E-state index in [1.807, 2.05) is 35.9 Å². The second-order valence-electron chi connectivity index (χ2n) is 6.93. The van der Waals surface area contributed by atoms with E-state index in [4.69, 9.17) is 4.98 Å². The maximum Gasteiger partial charge on any atom is 0.243 e. The molecule has 146 valence electrons. The second kappa shape index (κ2) is 7.03. The summed E-state index contributed by atoms with van der Waals surface area (Å²) in [5.41, 5.74) is 2.49. The maximum atomic E-state index is 12.9. The molecule has 28 heavy (non-hydrogen) atoms. The molecule has 0 bridgehead atoms. The van der Waals surface area contributed by atoms with Crippen molar-refractivity contribution < 1.29 is 13.2 Å². The first kappa shape index (κ1) is 18.6. The number of carbonyl (C=O) groups excluding carboxylic acids is 1. The minimum absolute atomic E-state index is 0.0833. The molecule has 7 nitrogen and oxygen atoms in total. The van der Waals surface area contributed by atoms with Gasteiger partial charge in [0.2, 0.25) is 16.0 Å². The monoisotopic (exact) mass is 398 g/mol. The number of anilines is 1. The summed E-state index contributed by atoms with van der Waals surface area (Å²) >= 11 is 0. The molecule has 3 aromatic rings. The number of sulfonamides is 1. The van der Waals surface area contributed by atoms with Crippen LogP contribution in [-0.4, -0.2) is 54.2 Å². The SMILES string of the molecule is CC(=O)c1ccc(S(=O)(=O)N2CCN(c3nc4ccccc4n3C)CC2)cc1. The zero-order valence-electron chi connectivity index (χ0n) is 15.9. The van der Waals surface area contributed by atoms with Crippen LogP contribution < -0.4 is 4.90 Å². The average molecular weight is 398 g/mol. The lowest BCUT2D eigenvalue weighted by atomic mass is 10.2. The van der Waals surface area contributed by atoms with Crippen LogP contribution in [0.5, 0.6) is 0 Å². The van der Waals surface area contributed by atoms with E-state index in [0.29, 0.717) is 31.7 Å². The Kier molecular flexibility index (Phi) is 4.68. The third kappa shape index (κ3) is 3.18. The van der Waals surface area contributed by atoms with Crippen LogP contribution in [0.3, 0.4) is 0 Å². The molecule has 0 atom stereocenters. The summed E-state index contributed by atoms with van der Waals surface area (Å²) in [6.45, 7) is 3.38. The van der Waals surface area contributed by atoms with Crippen LogP contribution >= 0.6 is 0 Å². The van der Waals surface area contributed by atoms with Crippen molar-refractivity contribution in [2.24, 2.45) is 7.05 Å². The third-order valence-corrected chi connectivity index (χ3v) is 7.10. The van der Waals surface area contributed by atoms with Gasteiger partial charge in [-0.15, -0.1) is 0 Å². The van der Waals surface area contributed by atoms with E-state index in [9.17, 15) is 13.2 Å². The molecule has 2 heterocycles. The lowest BCUT2D eigenvalue weighted by molar-refractivity contribution is 0.101. The summed E-state index contributed by atoms with van der Waals surface area (Å²) in [6.07, 6.45) is 0. The van der Waals surface area contributed by atoms with Crippen molar-refractivity contribution in [3.8, 4) is 0 Å². The fourth-order valence-electron chi connectivity index (χ4n) is 3.55. The van der Waals surface area contributed by atoms with Crippen molar-refractivity contribution in [1.29, 1.82) is 0 Å². The molecule has 0 saturated carbocycles. The number of fused-ring (bicyclic) bond motifs is 1. The van der Waals surface area contributed by atoms with Gasteiger partial charge in [-0.05, 0) is 31.2 Å². The lowest BCUT2D eigenvalue weighted by Gasteiger charge is -2.34. The van der Waals surface area contributed by atoms with Crippen molar-refractivity contribution in [3.05, 3.63) is 54.1 Å². The quantitative estimate of drug-likeness (QED) is 0.631. The molecule has 0 radical (unpaired) electrons. The van der Waals surface area contributed by atoms with Crippen LogP contribution in [0.4, 0.5) is 5.95 Å². The highest BCUT2D eigenvalue weighted by molar-refractivity contribution is 7.89. The first-order valence-electron chi connectivity index (χ1n) is 9.15. The van der Waals surface area contributed by atoms with E-state index in [1.165, 1.54) is 23.4 Å². The molecule has 0 unspecified atom stereocenters. The predicted octanol–water partition coefficient (Wildman–Crippen LogP) is 2.29. The van der Waals surface area contributed by atoms with E-state index in [-0.39, 0.29) is 10.7 Å². The third-order valence-electron chi connectivity index (χ3n) is 5.18. The van der Waals surface area contributed by atoms with E-state index in [2.05, 4.69) is 4.90 Å². The van der Waals surface area contributed by atoms with Crippen molar-refractivity contribution in [2.75, 3.05) is 31.1 Å². The lowest BCUT2D eigenvalue weighted by Crippen LogP contribution is -2.49. The van der Waals surface area contributed by atoms with Crippen molar-refractivity contribution in [2.45, 2.75) is 11.8 Å². The summed E-state index contributed by atoms with van der Waals surface area (Å²) in [5.74, 6) is 0.768. The minimum Gasteiger partial charge on any atom is -0.340 e. The number of nitrogens with zero attached hydrogens (tertiary/aromatic N) is 4. The maximum absolute atomic E-state index is 12.9. The Morgan fingerprint density at radius 2 is 1.61 bits per heavy atom. The van der Waals surface area contributed by atoms with Crippen molar-refractivity contribution in [1.82, 2.24) is 13.9 Å². The van der Waals surface area contributed by atoms with Crippen molar-refractivity contribution in [3.63, 3.8) is 0 Å². The zero-order chi connectivity index (χ0) is 19.9. The molecule has 1 aliphatic rings. The number of ketones is 1. The first-order valence-corrected chi connectivity index (χ1v) is 10.6. The first-order chi connectivity index (χ1) is 13.4. The fourth-order valence-corrected chi connectivity index (χ4v) is 4.98. The Bertz CT molecular complexity index is 1130. The van der Waals surface area contributed by atoms with Gasteiger partial charge in [0, 0.05) is 38.8 Å². The molecular weight excluding hydrogens is 376 g/mol. The standard InChI is InChI=1S/C20H22N4O3S/c1-15(25)16-7-9-17(10-8-16)28(26,27)24-13-11-23(12-14-24)20-21-18-5-3-4-6-19(18)22(20)2/h3-10H,11-14H2,1-2H3. The van der Waals surface area contributed by atoms with Gasteiger partial charge in [0.15, 0.2) is 5.78 Å². The number of piperazine rings is 1. The predicted molar refractivity (Wildman–Crippen MR) is 108 cm³/mol. The summed E-state index contributed by atoms with van der Waals surface area (Å²) in [5, 5.41) is 0. The number of hydrogen-bond acceptors (Lipinski definition) is 5. The molecule has 1 aromatic heterocycles. The van der Waals surface area contributed by atoms with Gasteiger partial charge < -0.3 is 9.47 Å². The van der Waals surface area contributed by atoms with E-state index >= 15 is 0 Å². The summed E-state index contributed by atoms with van der Waals surface area (Å²) in [6, 6.07) is 14.1. The summed E-state index contributed by atoms with van der Waals surface area (Å²) in [7, 11) is -1.60. The van der Waals surface area contributed by atoms with Crippen LogP contribution in [0.15, 0.2) is 53.4 Å². The molecule has 0 aliphatic carbocycles. The molecule has 0 spiro atoms. The Labute approximate surface area is 164 Å². The van der Waals surface area contributed by atoms with Gasteiger partial charge in [-0.3, -0.25) is 4.79 Å². The van der Waals surface area contributed by atoms with Gasteiger partial charge in [-0.1, -0.05) is 24.3 Å². The molecule has 1 fully saturated rings. The van der Waals surface area contributed by atoms with Crippen molar-refractivity contribution >= 4 is 32.8 Å². The van der Waals surface area contributed by atoms with Gasteiger partial charge in [0.05, 0.1) is 15.9 Å². The number of para-hydroxylation sites is 2. The molecule has 4 rings (SSSR count). The van der Waals surface area contributed by atoms with Gasteiger partial charge in [-0.2, -0.15) is 4.31 Å². The van der Waals surface area contributed by atoms with Gasteiger partial charge in [0.25, 0.3) is 0 Å². The minimum atomic E-state index is -3.58. The summed E-state index contributed by atoms with van der Waals surface area (Å²) < 4.78 is 29.4. The number of aryl methyl sites for hydroxylation is 1. The highest BCUT2D eigenvalue weighted by Crippen LogP contribution is 2.24. The topological polar surface area (TPSA) is 75.5 Å². The number of rotatable bonds is 4. The van der Waals surface area contributed by atoms with E-state index < -0.39 is 10.0 Å². The Morgan fingerprint density at radius 1 is 0.964 bits per heavy atom. The number of carbonyl (C=O) groups is 1. The second-order valence-corrected chi connectivity index (χ2v) is 8.87. The van der Waals surface area contributed by atoms with Crippen LogP contribution in [0, 0.1) is 0 Å². The van der Waals surface area contributed by atoms with Gasteiger partial charge in [0.1, 0.15) is 0 Å². The van der Waals surface area contributed by atoms with Crippen LogP contribution in [0.2, 0.25) is 0 Å². The largest absolute Gasteiger partial charge is 0.340 e. The van der Waals surface area contributed by atoms with Crippen LogP contribution in [-0.2, 0) is 17.1 Å². The molecule has 0 N–H and O–H groups in total. The molecule has 0 amide bonds. The average Bonchev–Trinajstić information content (AvgIpc) is 3.05. The molecule has 8 heteroatoms. The van der Waals surface area contributed by atoms with E-state index in [0.717, 1.165) is 17.0 Å². The number of aromatic nitrogens is 2. The Morgan fingerprint density at radius 3 is 2.21 bits per heavy atom. The highest BCUT2D eigenvalue weighted by Gasteiger charge is 2.30. The molecule has 2 aromatic carbocycles. The number of hydrogen-bond donors (Lipinski definition) is 0. The Hall–Kier alpha value is -2.71. The number of Topliss-reactive ketones (excluding diaryl/α,β-unsaturated/α-hetero) is 1. The fraction of sp³-hybridized carbons (Fsp3) is 0.300. The molecule has 1 saturated heterocycles. The number of imidazole rings is 1. The molecular formula is C20H22N4O3S. The van der Waals surface area contributed by atoms with Gasteiger partial charge in [-0.25, -0.2) is 13.4 Å². The Balaban J connectivity index is 1.51. The van der Waals surface area contributed by atoms with Crippen LogP contribution in [0.1, 0.15) is 17.3 Å². The van der Waals surface area contributed by atoms with Gasteiger partial charge >= 0.3 is 0 Å². The zero-order valence-corrected chi connectivity index (χ0v) is 16.7. The summed E-state index contributed by atoms with van der Waals surface area (Å²) in [4.78, 5) is 18.4. The van der Waals surface area contributed by atoms with E-state index in [1.54, 1.807) is 12.1 Å². The molecule has 1 aliphatic heterocycles. The number of benzene rings is 2. The normalized spacial score (nSPS) is 15.9. The van der Waals surface area contributed by atoms with Crippen LogP contribution in [0.25, 0.3) is 11.0 Å². The smallest absolute Gasteiger partial charge is 0.243 e.